The Labute approximate surface area is 129 Å². The van der Waals surface area contributed by atoms with Crippen molar-refractivity contribution in [3.63, 3.8) is 0 Å². The van der Waals surface area contributed by atoms with Crippen molar-refractivity contribution in [3.8, 4) is 0 Å². The molecule has 22 heavy (non-hydrogen) atoms. The number of rotatable bonds is 4. The van der Waals surface area contributed by atoms with Crippen molar-refractivity contribution in [1.29, 1.82) is 0 Å². The number of benzene rings is 1. The number of Topliss-reactive ketones (excluding diaryl/α,β-unsaturated/α-hetero) is 1. The van der Waals surface area contributed by atoms with Gasteiger partial charge in [0.25, 0.3) is 0 Å². The second-order valence-corrected chi connectivity index (χ2v) is 6.15. The highest BCUT2D eigenvalue weighted by Crippen LogP contribution is 2.31. The molecule has 5 heteroatoms. The molecule has 1 heterocycles. The average molecular weight is 300 g/mol. The third-order valence-corrected chi connectivity index (χ3v) is 4.60. The summed E-state index contributed by atoms with van der Waals surface area (Å²) in [7, 11) is 0. The van der Waals surface area contributed by atoms with Gasteiger partial charge in [-0.2, -0.15) is 0 Å². The quantitative estimate of drug-likeness (QED) is 0.867. The maximum absolute atomic E-state index is 12.3. The predicted octanol–water partition coefficient (Wildman–Crippen LogP) is 2.23. The summed E-state index contributed by atoms with van der Waals surface area (Å²) in [5.74, 6) is -0.307. The Morgan fingerprint density at radius 2 is 1.86 bits per heavy atom. The second kappa shape index (κ2) is 5.91. The van der Waals surface area contributed by atoms with Gasteiger partial charge in [0.05, 0.1) is 5.92 Å². The van der Waals surface area contributed by atoms with E-state index in [4.69, 9.17) is 0 Å². The normalized spacial score (nSPS) is 21.6. The van der Waals surface area contributed by atoms with Gasteiger partial charge in [0.15, 0.2) is 5.78 Å². The van der Waals surface area contributed by atoms with Crippen LogP contribution in [0.3, 0.4) is 0 Å². The predicted molar refractivity (Wildman–Crippen MR) is 82.5 cm³/mol. The number of hydrogen-bond donors (Lipinski definition) is 1. The number of hydrogen-bond acceptors (Lipinski definition) is 3. The van der Waals surface area contributed by atoms with Crippen molar-refractivity contribution in [1.82, 2.24) is 4.90 Å². The number of nitrogens with one attached hydrogen (secondary N) is 1. The van der Waals surface area contributed by atoms with Crippen LogP contribution in [-0.4, -0.2) is 35.1 Å². The molecule has 0 bridgehead atoms. The SMILES string of the molecule is CC(=O)c1ccc(NC(=O)C2CC(=O)N(C3CCC3)C2)cc1. The topological polar surface area (TPSA) is 66.5 Å². The van der Waals surface area contributed by atoms with E-state index < -0.39 is 0 Å². The maximum Gasteiger partial charge on any atom is 0.229 e. The minimum atomic E-state index is -0.277. The first kappa shape index (κ1) is 14.8. The first-order valence-corrected chi connectivity index (χ1v) is 7.76. The lowest BCUT2D eigenvalue weighted by Gasteiger charge is -2.34. The van der Waals surface area contributed by atoms with Gasteiger partial charge >= 0.3 is 0 Å². The summed E-state index contributed by atoms with van der Waals surface area (Å²) in [5.41, 5.74) is 1.27. The third kappa shape index (κ3) is 2.89. The highest BCUT2D eigenvalue weighted by Gasteiger charge is 2.39. The molecule has 1 aliphatic carbocycles. The Morgan fingerprint density at radius 1 is 1.18 bits per heavy atom. The molecule has 1 aromatic carbocycles. The minimum absolute atomic E-state index is 0.00425. The number of carbonyl (C=O) groups is 3. The fraction of sp³-hybridized carbons (Fsp3) is 0.471. The van der Waals surface area contributed by atoms with E-state index in [0.717, 1.165) is 12.8 Å². The first-order chi connectivity index (χ1) is 10.5. The van der Waals surface area contributed by atoms with Crippen molar-refractivity contribution < 1.29 is 14.4 Å². The number of likely N-dealkylation sites (tertiary alicyclic amines) is 1. The fourth-order valence-corrected chi connectivity index (χ4v) is 2.99. The van der Waals surface area contributed by atoms with E-state index in [0.29, 0.717) is 30.3 Å². The van der Waals surface area contributed by atoms with Gasteiger partial charge in [-0.05, 0) is 50.5 Å². The number of amides is 2. The fourth-order valence-electron chi connectivity index (χ4n) is 2.99. The molecule has 1 atom stereocenters. The number of ketones is 1. The summed E-state index contributed by atoms with van der Waals surface area (Å²) >= 11 is 0. The summed E-state index contributed by atoms with van der Waals surface area (Å²) in [6, 6.07) is 7.17. The van der Waals surface area contributed by atoms with Crippen LogP contribution in [-0.2, 0) is 9.59 Å². The Kier molecular flexibility index (Phi) is 3.96. The van der Waals surface area contributed by atoms with Crippen LogP contribution in [0.1, 0.15) is 43.0 Å². The summed E-state index contributed by atoms with van der Waals surface area (Å²) in [6.45, 7) is 2.04. The average Bonchev–Trinajstić information content (AvgIpc) is 2.80. The molecule has 1 saturated carbocycles. The van der Waals surface area contributed by atoms with Crippen molar-refractivity contribution in [2.24, 2.45) is 5.92 Å². The molecular weight excluding hydrogens is 280 g/mol. The molecule has 5 nitrogen and oxygen atoms in total. The molecule has 2 aliphatic rings. The van der Waals surface area contributed by atoms with Gasteiger partial charge in [0.2, 0.25) is 11.8 Å². The molecule has 1 saturated heterocycles. The highest BCUT2D eigenvalue weighted by atomic mass is 16.2. The van der Waals surface area contributed by atoms with E-state index in [1.807, 2.05) is 4.90 Å². The lowest BCUT2D eigenvalue weighted by atomic mass is 9.92. The summed E-state index contributed by atoms with van der Waals surface area (Å²) in [5, 5.41) is 2.84. The summed E-state index contributed by atoms with van der Waals surface area (Å²) in [4.78, 5) is 37.4. The van der Waals surface area contributed by atoms with Gasteiger partial charge in [-0.1, -0.05) is 0 Å². The zero-order valence-electron chi connectivity index (χ0n) is 12.7. The lowest BCUT2D eigenvalue weighted by Crippen LogP contribution is -2.41. The van der Waals surface area contributed by atoms with Gasteiger partial charge in [-0.3, -0.25) is 14.4 Å². The minimum Gasteiger partial charge on any atom is -0.339 e. The number of nitrogens with zero attached hydrogens (tertiary/aromatic N) is 1. The molecule has 2 fully saturated rings. The van der Waals surface area contributed by atoms with E-state index in [-0.39, 0.29) is 23.5 Å². The monoisotopic (exact) mass is 300 g/mol. The molecule has 3 rings (SSSR count). The maximum atomic E-state index is 12.3. The van der Waals surface area contributed by atoms with Gasteiger partial charge < -0.3 is 10.2 Å². The van der Waals surface area contributed by atoms with E-state index in [2.05, 4.69) is 5.32 Å². The molecule has 0 spiro atoms. The second-order valence-electron chi connectivity index (χ2n) is 6.15. The Morgan fingerprint density at radius 3 is 2.41 bits per heavy atom. The Bertz CT molecular complexity index is 605. The number of carbonyl (C=O) groups excluding carboxylic acids is 3. The smallest absolute Gasteiger partial charge is 0.229 e. The van der Waals surface area contributed by atoms with Gasteiger partial charge in [-0.15, -0.1) is 0 Å². The van der Waals surface area contributed by atoms with Crippen LogP contribution in [0.15, 0.2) is 24.3 Å². The van der Waals surface area contributed by atoms with Crippen LogP contribution < -0.4 is 5.32 Å². The zero-order valence-corrected chi connectivity index (χ0v) is 12.7. The molecule has 2 amide bonds. The van der Waals surface area contributed by atoms with E-state index in [9.17, 15) is 14.4 Å². The molecule has 1 aliphatic heterocycles. The Balaban J connectivity index is 1.60. The third-order valence-electron chi connectivity index (χ3n) is 4.60. The lowest BCUT2D eigenvalue weighted by molar-refractivity contribution is -0.131. The van der Waals surface area contributed by atoms with Crippen LogP contribution >= 0.6 is 0 Å². The van der Waals surface area contributed by atoms with E-state index in [1.165, 1.54) is 13.3 Å². The van der Waals surface area contributed by atoms with Crippen LogP contribution in [0.5, 0.6) is 0 Å². The van der Waals surface area contributed by atoms with Crippen LogP contribution in [0, 0.1) is 5.92 Å². The van der Waals surface area contributed by atoms with Gasteiger partial charge in [0, 0.05) is 30.3 Å². The van der Waals surface area contributed by atoms with Crippen molar-refractivity contribution in [3.05, 3.63) is 29.8 Å². The van der Waals surface area contributed by atoms with Crippen LogP contribution in [0.4, 0.5) is 5.69 Å². The summed E-state index contributed by atoms with van der Waals surface area (Å²) in [6.07, 6.45) is 3.60. The molecule has 1 unspecified atom stereocenters. The number of anilines is 1. The van der Waals surface area contributed by atoms with E-state index in [1.54, 1.807) is 24.3 Å². The largest absolute Gasteiger partial charge is 0.339 e. The molecule has 0 aromatic heterocycles. The van der Waals surface area contributed by atoms with Crippen LogP contribution in [0.25, 0.3) is 0 Å². The van der Waals surface area contributed by atoms with Gasteiger partial charge in [0.1, 0.15) is 0 Å². The first-order valence-electron chi connectivity index (χ1n) is 7.76. The zero-order chi connectivity index (χ0) is 15.7. The van der Waals surface area contributed by atoms with E-state index >= 15 is 0 Å². The van der Waals surface area contributed by atoms with Crippen LogP contribution in [0.2, 0.25) is 0 Å². The molecular formula is C17H20N2O3. The molecule has 1 N–H and O–H groups in total. The molecule has 0 radical (unpaired) electrons. The summed E-state index contributed by atoms with van der Waals surface area (Å²) < 4.78 is 0. The highest BCUT2D eigenvalue weighted by molar-refractivity contribution is 5.98. The Hall–Kier alpha value is -2.17. The van der Waals surface area contributed by atoms with Gasteiger partial charge in [-0.25, -0.2) is 0 Å². The molecule has 1 aromatic rings. The van der Waals surface area contributed by atoms with Crippen molar-refractivity contribution in [2.45, 2.75) is 38.6 Å². The molecule has 116 valence electrons. The standard InChI is InChI=1S/C17H20N2O3/c1-11(20)12-5-7-14(8-6-12)18-17(22)13-9-16(21)19(10-13)15-3-2-4-15/h5-8,13,15H,2-4,9-10H2,1H3,(H,18,22). The van der Waals surface area contributed by atoms with Crippen molar-refractivity contribution in [2.75, 3.05) is 11.9 Å². The van der Waals surface area contributed by atoms with Crippen molar-refractivity contribution >= 4 is 23.3 Å².